The Hall–Kier alpha value is -1.03. The Bertz CT molecular complexity index is 612. The quantitative estimate of drug-likeness (QED) is 0.617. The summed E-state index contributed by atoms with van der Waals surface area (Å²) in [5.74, 6) is 0.338. The Labute approximate surface area is 124 Å². The van der Waals surface area contributed by atoms with Gasteiger partial charge in [0.25, 0.3) is 0 Å². The molecule has 2 aromatic rings. The van der Waals surface area contributed by atoms with Crippen LogP contribution >= 0.6 is 39.1 Å². The van der Waals surface area contributed by atoms with Crippen molar-refractivity contribution in [2.45, 2.75) is 0 Å². The van der Waals surface area contributed by atoms with E-state index < -0.39 is 0 Å². The molecule has 0 saturated heterocycles. The van der Waals surface area contributed by atoms with Crippen LogP contribution in [0.5, 0.6) is 0 Å². The van der Waals surface area contributed by atoms with Gasteiger partial charge in [-0.2, -0.15) is 0 Å². The van der Waals surface area contributed by atoms with Crippen LogP contribution in [0.3, 0.4) is 0 Å². The lowest BCUT2D eigenvalue weighted by atomic mass is 10.2. The molecule has 0 aliphatic heterocycles. The molecule has 2 N–H and O–H groups in total. The smallest absolute Gasteiger partial charge is 0.132 e. The topological polar surface area (TPSA) is 38.4 Å². The van der Waals surface area contributed by atoms with Crippen molar-refractivity contribution in [1.29, 1.82) is 0 Å². The van der Waals surface area contributed by atoms with E-state index in [0.29, 0.717) is 27.1 Å². The van der Waals surface area contributed by atoms with Crippen molar-refractivity contribution in [3.05, 3.63) is 62.5 Å². The number of hydrogen-bond donors (Lipinski definition) is 1. The van der Waals surface area contributed by atoms with Crippen LogP contribution in [0.4, 0.5) is 5.69 Å². The van der Waals surface area contributed by atoms with E-state index in [0.717, 1.165) is 4.47 Å². The summed E-state index contributed by atoms with van der Waals surface area (Å²) in [6.45, 7) is 0. The first-order valence-electron chi connectivity index (χ1n) is 5.12. The molecule has 0 heterocycles. The van der Waals surface area contributed by atoms with Gasteiger partial charge in [0.15, 0.2) is 0 Å². The fourth-order valence-corrected chi connectivity index (χ4v) is 2.38. The van der Waals surface area contributed by atoms with Gasteiger partial charge in [0.1, 0.15) is 5.84 Å². The van der Waals surface area contributed by atoms with Crippen LogP contribution in [-0.2, 0) is 0 Å². The van der Waals surface area contributed by atoms with E-state index in [9.17, 15) is 0 Å². The zero-order valence-corrected chi connectivity index (χ0v) is 12.3. The molecule has 0 fully saturated rings. The number of rotatable bonds is 2. The molecule has 0 aliphatic rings. The van der Waals surface area contributed by atoms with Crippen LogP contribution in [0.15, 0.2) is 51.9 Å². The van der Waals surface area contributed by atoms with Crippen molar-refractivity contribution in [3.8, 4) is 0 Å². The van der Waals surface area contributed by atoms with E-state index in [2.05, 4.69) is 20.9 Å². The highest BCUT2D eigenvalue weighted by Crippen LogP contribution is 2.28. The van der Waals surface area contributed by atoms with Gasteiger partial charge in [-0.15, -0.1) is 0 Å². The molecule has 2 nitrogen and oxygen atoms in total. The number of halogens is 3. The van der Waals surface area contributed by atoms with Gasteiger partial charge in [0, 0.05) is 10.0 Å². The molecule has 0 aliphatic carbocycles. The Balaban J connectivity index is 2.42. The Kier molecular flexibility index (Phi) is 4.27. The van der Waals surface area contributed by atoms with E-state index in [1.54, 1.807) is 18.2 Å². The summed E-state index contributed by atoms with van der Waals surface area (Å²) in [6.07, 6.45) is 0. The zero-order chi connectivity index (χ0) is 13.1. The molecule has 0 unspecified atom stereocenters. The predicted octanol–water partition coefficient (Wildman–Crippen LogP) is 4.79. The van der Waals surface area contributed by atoms with Crippen LogP contribution in [-0.4, -0.2) is 5.84 Å². The lowest BCUT2D eigenvalue weighted by Crippen LogP contribution is -2.13. The highest BCUT2D eigenvalue weighted by Gasteiger charge is 2.05. The maximum atomic E-state index is 6.08. The second-order valence-corrected chi connectivity index (χ2v) is 5.30. The average molecular weight is 344 g/mol. The van der Waals surface area contributed by atoms with Crippen molar-refractivity contribution in [2.24, 2.45) is 10.7 Å². The van der Waals surface area contributed by atoms with E-state index in [1.165, 1.54) is 0 Å². The van der Waals surface area contributed by atoms with Gasteiger partial charge in [-0.1, -0.05) is 51.3 Å². The third-order valence-corrected chi connectivity index (χ3v) is 3.43. The summed E-state index contributed by atoms with van der Waals surface area (Å²) in [6, 6.07) is 12.7. The van der Waals surface area contributed by atoms with E-state index in [4.69, 9.17) is 28.9 Å². The molecular weight excluding hydrogens is 335 g/mol. The first-order valence-corrected chi connectivity index (χ1v) is 6.67. The lowest BCUT2D eigenvalue weighted by Gasteiger charge is -2.04. The van der Waals surface area contributed by atoms with Gasteiger partial charge in [0.2, 0.25) is 0 Å². The van der Waals surface area contributed by atoms with Crippen LogP contribution in [0.1, 0.15) is 5.56 Å². The average Bonchev–Trinajstić information content (AvgIpc) is 2.33. The first-order chi connectivity index (χ1) is 8.58. The minimum Gasteiger partial charge on any atom is -0.383 e. The molecule has 2 rings (SSSR count). The monoisotopic (exact) mass is 342 g/mol. The van der Waals surface area contributed by atoms with E-state index in [1.807, 2.05) is 24.3 Å². The fraction of sp³-hybridized carbons (Fsp3) is 0. The lowest BCUT2D eigenvalue weighted by molar-refractivity contribution is 1.44. The Morgan fingerprint density at radius 2 is 1.78 bits per heavy atom. The number of nitrogens with zero attached hydrogens (tertiary/aromatic N) is 1. The Morgan fingerprint density at radius 1 is 1.06 bits per heavy atom. The van der Waals surface area contributed by atoms with Crippen molar-refractivity contribution in [3.63, 3.8) is 0 Å². The highest BCUT2D eigenvalue weighted by molar-refractivity contribution is 9.10. The van der Waals surface area contributed by atoms with Crippen LogP contribution in [0.2, 0.25) is 10.0 Å². The van der Waals surface area contributed by atoms with Crippen molar-refractivity contribution in [1.82, 2.24) is 0 Å². The minimum atomic E-state index is 0.338. The molecule has 0 aromatic heterocycles. The van der Waals surface area contributed by atoms with Crippen LogP contribution in [0.25, 0.3) is 0 Å². The number of amidine groups is 1. The molecule has 0 saturated carbocycles. The zero-order valence-electron chi connectivity index (χ0n) is 9.20. The summed E-state index contributed by atoms with van der Waals surface area (Å²) in [4.78, 5) is 4.29. The molecule has 0 atom stereocenters. The fourth-order valence-electron chi connectivity index (χ4n) is 1.43. The first kappa shape index (κ1) is 13.4. The molecule has 92 valence electrons. The van der Waals surface area contributed by atoms with Gasteiger partial charge in [0.05, 0.1) is 15.7 Å². The SMILES string of the molecule is NC(=Nc1ccc(Br)cc1Cl)c1ccccc1Cl. The standard InChI is InChI=1S/C13H9BrCl2N2/c14-8-5-6-12(11(16)7-8)18-13(17)9-3-1-2-4-10(9)15/h1-7H,(H2,17,18). The molecule has 0 radical (unpaired) electrons. The minimum absolute atomic E-state index is 0.338. The second kappa shape index (κ2) is 5.74. The normalized spacial score (nSPS) is 11.6. The summed E-state index contributed by atoms with van der Waals surface area (Å²) in [7, 11) is 0. The van der Waals surface area contributed by atoms with Crippen LogP contribution < -0.4 is 5.73 Å². The van der Waals surface area contributed by atoms with Gasteiger partial charge >= 0.3 is 0 Å². The second-order valence-electron chi connectivity index (χ2n) is 3.57. The number of hydrogen-bond acceptors (Lipinski definition) is 1. The van der Waals surface area contributed by atoms with Crippen molar-refractivity contribution < 1.29 is 0 Å². The third kappa shape index (κ3) is 3.05. The van der Waals surface area contributed by atoms with Crippen molar-refractivity contribution in [2.75, 3.05) is 0 Å². The predicted molar refractivity (Wildman–Crippen MR) is 81.0 cm³/mol. The molecule has 0 spiro atoms. The summed E-state index contributed by atoms with van der Waals surface area (Å²) in [5, 5.41) is 1.09. The Morgan fingerprint density at radius 3 is 2.44 bits per heavy atom. The summed E-state index contributed by atoms with van der Waals surface area (Å²) in [5.41, 5.74) is 7.23. The molecular formula is C13H9BrCl2N2. The molecule has 2 aromatic carbocycles. The third-order valence-electron chi connectivity index (χ3n) is 2.30. The summed E-state index contributed by atoms with van der Waals surface area (Å²) < 4.78 is 0.891. The summed E-state index contributed by atoms with van der Waals surface area (Å²) >= 11 is 15.5. The van der Waals surface area contributed by atoms with Gasteiger partial charge in [-0.25, -0.2) is 4.99 Å². The largest absolute Gasteiger partial charge is 0.383 e. The van der Waals surface area contributed by atoms with E-state index in [-0.39, 0.29) is 0 Å². The molecule has 18 heavy (non-hydrogen) atoms. The van der Waals surface area contributed by atoms with Crippen molar-refractivity contribution >= 4 is 50.7 Å². The van der Waals surface area contributed by atoms with Crippen LogP contribution in [0, 0.1) is 0 Å². The number of nitrogens with two attached hydrogens (primary N) is 1. The van der Waals surface area contributed by atoms with Gasteiger partial charge in [-0.3, -0.25) is 0 Å². The number of aliphatic imine (C=N–C) groups is 1. The highest BCUT2D eigenvalue weighted by atomic mass is 79.9. The van der Waals surface area contributed by atoms with E-state index >= 15 is 0 Å². The number of benzene rings is 2. The van der Waals surface area contributed by atoms with Gasteiger partial charge in [-0.05, 0) is 30.3 Å². The molecule has 0 amide bonds. The van der Waals surface area contributed by atoms with Gasteiger partial charge < -0.3 is 5.73 Å². The molecule has 0 bridgehead atoms. The molecule has 5 heteroatoms. The maximum Gasteiger partial charge on any atom is 0.132 e. The maximum absolute atomic E-state index is 6.08.